The zero-order valence-electron chi connectivity index (χ0n) is 15.7. The highest BCUT2D eigenvalue weighted by molar-refractivity contribution is 14.0. The van der Waals surface area contributed by atoms with E-state index in [1.807, 2.05) is 30.3 Å². The van der Waals surface area contributed by atoms with E-state index in [1.165, 1.54) is 38.5 Å². The molecule has 1 amide bonds. The average molecular weight is 470 g/mol. The largest absolute Gasteiger partial charge is 0.357 e. The lowest BCUT2D eigenvalue weighted by atomic mass is 9.73. The van der Waals surface area contributed by atoms with E-state index in [2.05, 4.69) is 27.4 Å². The van der Waals surface area contributed by atoms with Gasteiger partial charge in [0.1, 0.15) is 6.54 Å². The number of likely N-dealkylation sites (tertiary alicyclic amines) is 1. The summed E-state index contributed by atoms with van der Waals surface area (Å²) in [5, 5.41) is 6.26. The van der Waals surface area contributed by atoms with Gasteiger partial charge in [0.2, 0.25) is 5.91 Å². The van der Waals surface area contributed by atoms with Crippen molar-refractivity contribution in [1.82, 2.24) is 10.2 Å². The van der Waals surface area contributed by atoms with E-state index in [0.717, 1.165) is 31.3 Å². The summed E-state index contributed by atoms with van der Waals surface area (Å²) in [6.45, 7) is 5.18. The van der Waals surface area contributed by atoms with Gasteiger partial charge in [-0.15, -0.1) is 24.0 Å². The number of anilines is 1. The number of hydrogen-bond acceptors (Lipinski definition) is 2. The van der Waals surface area contributed by atoms with E-state index in [4.69, 9.17) is 0 Å². The number of guanidine groups is 1. The molecule has 2 N–H and O–H groups in total. The van der Waals surface area contributed by atoms with E-state index < -0.39 is 0 Å². The van der Waals surface area contributed by atoms with Crippen LogP contribution >= 0.6 is 24.0 Å². The number of amides is 1. The zero-order chi connectivity index (χ0) is 17.5. The summed E-state index contributed by atoms with van der Waals surface area (Å²) in [7, 11) is 0. The molecule has 2 aliphatic rings. The van der Waals surface area contributed by atoms with Gasteiger partial charge in [0, 0.05) is 25.3 Å². The van der Waals surface area contributed by atoms with Crippen LogP contribution in [0.5, 0.6) is 0 Å². The van der Waals surface area contributed by atoms with Gasteiger partial charge >= 0.3 is 0 Å². The molecule has 1 heterocycles. The van der Waals surface area contributed by atoms with Crippen LogP contribution in [0, 0.1) is 5.41 Å². The minimum atomic E-state index is -0.0758. The second-order valence-corrected chi connectivity index (χ2v) is 7.32. The first-order chi connectivity index (χ1) is 12.2. The molecule has 0 atom stereocenters. The average Bonchev–Trinajstić information content (AvgIpc) is 3.03. The Bertz CT molecular complexity index is 599. The number of rotatable bonds is 4. The van der Waals surface area contributed by atoms with Crippen molar-refractivity contribution >= 4 is 41.5 Å². The Balaban J connectivity index is 0.00000243. The SMILES string of the molecule is CCNC(=NCC(=O)Nc1ccccc1)N1CCC2(CCCCC2)C1.I. The van der Waals surface area contributed by atoms with Crippen molar-refractivity contribution in [3.63, 3.8) is 0 Å². The molecule has 1 aliphatic carbocycles. The van der Waals surface area contributed by atoms with Crippen LogP contribution in [0.2, 0.25) is 0 Å². The number of carbonyl (C=O) groups excluding carboxylic acids is 1. The molecule has 2 fully saturated rings. The van der Waals surface area contributed by atoms with Crippen LogP contribution in [0.4, 0.5) is 5.69 Å². The van der Waals surface area contributed by atoms with E-state index in [9.17, 15) is 4.79 Å². The molecule has 1 saturated heterocycles. The zero-order valence-corrected chi connectivity index (χ0v) is 18.0. The third-order valence-corrected chi connectivity index (χ3v) is 5.42. The lowest BCUT2D eigenvalue weighted by molar-refractivity contribution is -0.114. The van der Waals surface area contributed by atoms with Gasteiger partial charge in [0.15, 0.2) is 5.96 Å². The van der Waals surface area contributed by atoms with Crippen molar-refractivity contribution in [3.05, 3.63) is 30.3 Å². The first kappa shape index (κ1) is 21.0. The third kappa shape index (κ3) is 5.59. The molecule has 0 radical (unpaired) electrons. The Morgan fingerprint density at radius 3 is 2.58 bits per heavy atom. The van der Waals surface area contributed by atoms with Gasteiger partial charge in [0.25, 0.3) is 0 Å². The Labute approximate surface area is 174 Å². The smallest absolute Gasteiger partial charge is 0.246 e. The highest BCUT2D eigenvalue weighted by atomic mass is 127. The number of nitrogens with zero attached hydrogens (tertiary/aromatic N) is 2. The quantitative estimate of drug-likeness (QED) is 0.399. The topological polar surface area (TPSA) is 56.7 Å². The molecule has 5 nitrogen and oxygen atoms in total. The van der Waals surface area contributed by atoms with Crippen molar-refractivity contribution in [3.8, 4) is 0 Å². The summed E-state index contributed by atoms with van der Waals surface area (Å²) in [5.74, 6) is 0.807. The summed E-state index contributed by atoms with van der Waals surface area (Å²) in [4.78, 5) is 19.1. The van der Waals surface area contributed by atoms with E-state index in [0.29, 0.717) is 5.41 Å². The van der Waals surface area contributed by atoms with Gasteiger partial charge in [-0.25, -0.2) is 4.99 Å². The highest BCUT2D eigenvalue weighted by Gasteiger charge is 2.39. The van der Waals surface area contributed by atoms with Gasteiger partial charge < -0.3 is 15.5 Å². The fraction of sp³-hybridized carbons (Fsp3) is 0.600. The van der Waals surface area contributed by atoms with Gasteiger partial charge in [-0.1, -0.05) is 37.5 Å². The maximum Gasteiger partial charge on any atom is 0.246 e. The van der Waals surface area contributed by atoms with Crippen molar-refractivity contribution < 1.29 is 4.79 Å². The Morgan fingerprint density at radius 2 is 1.88 bits per heavy atom. The van der Waals surface area contributed by atoms with E-state index in [-0.39, 0.29) is 36.4 Å². The Hall–Kier alpha value is -1.31. The molecule has 1 saturated carbocycles. The molecule has 1 aromatic carbocycles. The fourth-order valence-corrected chi connectivity index (χ4v) is 4.12. The van der Waals surface area contributed by atoms with Crippen LogP contribution in [0.15, 0.2) is 35.3 Å². The normalized spacial score (nSPS) is 19.1. The lowest BCUT2D eigenvalue weighted by Gasteiger charge is -2.33. The number of benzene rings is 1. The number of aliphatic imine (C=N–C) groups is 1. The molecule has 3 rings (SSSR count). The van der Waals surface area contributed by atoms with Gasteiger partial charge in [-0.2, -0.15) is 0 Å². The van der Waals surface area contributed by atoms with Crippen molar-refractivity contribution in [2.45, 2.75) is 45.4 Å². The van der Waals surface area contributed by atoms with E-state index in [1.54, 1.807) is 0 Å². The summed E-state index contributed by atoms with van der Waals surface area (Å²) in [6, 6.07) is 9.54. The molecule has 6 heteroatoms. The predicted molar refractivity (Wildman–Crippen MR) is 118 cm³/mol. The minimum Gasteiger partial charge on any atom is -0.357 e. The number of carbonyl (C=O) groups is 1. The molecule has 144 valence electrons. The minimum absolute atomic E-state index is 0. The Morgan fingerprint density at radius 1 is 1.15 bits per heavy atom. The molecule has 1 spiro atoms. The second kappa shape index (κ2) is 10.1. The van der Waals surface area contributed by atoms with Gasteiger partial charge in [0.05, 0.1) is 0 Å². The maximum atomic E-state index is 12.2. The predicted octanol–water partition coefficient (Wildman–Crippen LogP) is 3.86. The van der Waals surface area contributed by atoms with Crippen LogP contribution in [0.25, 0.3) is 0 Å². The van der Waals surface area contributed by atoms with Crippen LogP contribution in [0.3, 0.4) is 0 Å². The first-order valence-corrected chi connectivity index (χ1v) is 9.59. The summed E-state index contributed by atoms with van der Waals surface area (Å²) >= 11 is 0. The first-order valence-electron chi connectivity index (χ1n) is 9.59. The number of halogens is 1. The number of nitrogens with one attached hydrogen (secondary N) is 2. The van der Waals surface area contributed by atoms with Crippen molar-refractivity contribution in [2.75, 3.05) is 31.5 Å². The summed E-state index contributed by atoms with van der Waals surface area (Å²) in [5.41, 5.74) is 1.30. The molecule has 1 aliphatic heterocycles. The molecule has 0 bridgehead atoms. The molecular weight excluding hydrogens is 439 g/mol. The fourth-order valence-electron chi connectivity index (χ4n) is 4.12. The highest BCUT2D eigenvalue weighted by Crippen LogP contribution is 2.43. The molecule has 1 aromatic rings. The van der Waals surface area contributed by atoms with Crippen LogP contribution in [0.1, 0.15) is 45.4 Å². The second-order valence-electron chi connectivity index (χ2n) is 7.32. The maximum absolute atomic E-state index is 12.2. The Kier molecular flexibility index (Phi) is 8.18. The molecule has 0 unspecified atom stereocenters. The van der Waals surface area contributed by atoms with Crippen LogP contribution in [-0.2, 0) is 4.79 Å². The van der Waals surface area contributed by atoms with E-state index >= 15 is 0 Å². The molecule has 26 heavy (non-hydrogen) atoms. The number of para-hydroxylation sites is 1. The standard InChI is InChI=1S/C20H30N4O.HI/c1-2-21-19(22-15-18(25)23-17-9-5-3-6-10-17)24-14-13-20(16-24)11-7-4-8-12-20;/h3,5-6,9-10H,2,4,7-8,11-16H2,1H3,(H,21,22)(H,23,25);1H. The van der Waals surface area contributed by atoms with Crippen LogP contribution < -0.4 is 10.6 Å². The third-order valence-electron chi connectivity index (χ3n) is 5.42. The van der Waals surface area contributed by atoms with Gasteiger partial charge in [-0.3, -0.25) is 4.79 Å². The van der Waals surface area contributed by atoms with Gasteiger partial charge in [-0.05, 0) is 43.7 Å². The summed E-state index contributed by atoms with van der Waals surface area (Å²) < 4.78 is 0. The summed E-state index contributed by atoms with van der Waals surface area (Å²) in [6.07, 6.45) is 8.06. The lowest BCUT2D eigenvalue weighted by Crippen LogP contribution is -2.42. The molecule has 0 aromatic heterocycles. The molecular formula is C20H31IN4O. The van der Waals surface area contributed by atoms with Crippen molar-refractivity contribution in [1.29, 1.82) is 0 Å². The monoisotopic (exact) mass is 470 g/mol. The van der Waals surface area contributed by atoms with Crippen molar-refractivity contribution in [2.24, 2.45) is 10.4 Å². The van der Waals surface area contributed by atoms with Crippen LogP contribution in [-0.4, -0.2) is 42.9 Å². The number of hydrogen-bond donors (Lipinski definition) is 2.